The van der Waals surface area contributed by atoms with E-state index in [1.54, 1.807) is 14.2 Å². The van der Waals surface area contributed by atoms with E-state index in [-0.39, 0.29) is 6.04 Å². The monoisotopic (exact) mass is 253 g/mol. The van der Waals surface area contributed by atoms with Crippen molar-refractivity contribution in [2.45, 2.75) is 30.4 Å². The van der Waals surface area contributed by atoms with E-state index in [0.717, 1.165) is 29.2 Å². The van der Waals surface area contributed by atoms with Crippen LogP contribution >= 0.6 is 11.8 Å². The first-order valence-corrected chi connectivity index (χ1v) is 6.88. The second-order valence-electron chi connectivity index (χ2n) is 4.15. The van der Waals surface area contributed by atoms with E-state index in [0.29, 0.717) is 5.25 Å². The van der Waals surface area contributed by atoms with Crippen molar-refractivity contribution in [3.63, 3.8) is 0 Å². The van der Waals surface area contributed by atoms with Gasteiger partial charge in [-0.25, -0.2) is 0 Å². The van der Waals surface area contributed by atoms with Gasteiger partial charge in [0.1, 0.15) is 11.5 Å². The SMILES string of the molecule is CCC1SCc2c(OC)ccc(OC)c2C1N. The Labute approximate surface area is 107 Å². The summed E-state index contributed by atoms with van der Waals surface area (Å²) in [5, 5.41) is 0.462. The fourth-order valence-corrected chi connectivity index (χ4v) is 3.62. The number of nitrogens with two attached hydrogens (primary N) is 1. The van der Waals surface area contributed by atoms with E-state index in [2.05, 4.69) is 6.92 Å². The highest BCUT2D eigenvalue weighted by molar-refractivity contribution is 7.99. The van der Waals surface area contributed by atoms with E-state index in [9.17, 15) is 0 Å². The molecule has 0 saturated heterocycles. The summed E-state index contributed by atoms with van der Waals surface area (Å²) in [5.74, 6) is 2.74. The first-order valence-electron chi connectivity index (χ1n) is 5.83. The molecular formula is C13H19NO2S. The van der Waals surface area contributed by atoms with Crippen LogP contribution in [0.1, 0.15) is 30.5 Å². The first-order chi connectivity index (χ1) is 8.22. The van der Waals surface area contributed by atoms with Gasteiger partial charge in [-0.15, -0.1) is 0 Å². The molecule has 0 aliphatic carbocycles. The molecule has 17 heavy (non-hydrogen) atoms. The van der Waals surface area contributed by atoms with Crippen LogP contribution in [0, 0.1) is 0 Å². The highest BCUT2D eigenvalue weighted by atomic mass is 32.2. The van der Waals surface area contributed by atoms with Gasteiger partial charge in [-0.05, 0) is 18.6 Å². The van der Waals surface area contributed by atoms with E-state index in [4.69, 9.17) is 15.2 Å². The summed E-state index contributed by atoms with van der Waals surface area (Å²) in [6.07, 6.45) is 1.08. The molecule has 2 N–H and O–H groups in total. The predicted octanol–water partition coefficient (Wildman–Crippen LogP) is 2.73. The van der Waals surface area contributed by atoms with Gasteiger partial charge in [0, 0.05) is 28.2 Å². The van der Waals surface area contributed by atoms with Gasteiger partial charge in [0.25, 0.3) is 0 Å². The number of thioether (sulfide) groups is 1. The van der Waals surface area contributed by atoms with E-state index in [1.165, 1.54) is 5.56 Å². The number of ether oxygens (including phenoxy) is 2. The van der Waals surface area contributed by atoms with Crippen molar-refractivity contribution in [1.82, 2.24) is 0 Å². The largest absolute Gasteiger partial charge is 0.496 e. The Morgan fingerprint density at radius 3 is 2.53 bits per heavy atom. The molecule has 1 aromatic rings. The Bertz CT molecular complexity index is 409. The number of benzene rings is 1. The van der Waals surface area contributed by atoms with Gasteiger partial charge in [-0.2, -0.15) is 11.8 Å². The Kier molecular flexibility index (Phi) is 3.84. The number of hydrogen-bond acceptors (Lipinski definition) is 4. The maximum Gasteiger partial charge on any atom is 0.124 e. The minimum atomic E-state index is 0.0267. The van der Waals surface area contributed by atoms with E-state index < -0.39 is 0 Å². The zero-order valence-electron chi connectivity index (χ0n) is 10.5. The van der Waals surface area contributed by atoms with Gasteiger partial charge >= 0.3 is 0 Å². The van der Waals surface area contributed by atoms with Gasteiger partial charge in [0.05, 0.1) is 14.2 Å². The molecule has 1 aliphatic rings. The molecule has 2 atom stereocenters. The molecule has 1 aromatic carbocycles. The molecule has 1 aliphatic heterocycles. The summed E-state index contributed by atoms with van der Waals surface area (Å²) in [4.78, 5) is 0. The summed E-state index contributed by atoms with van der Waals surface area (Å²) in [6, 6.07) is 3.93. The second kappa shape index (κ2) is 5.19. The average molecular weight is 253 g/mol. The van der Waals surface area contributed by atoms with Crippen molar-refractivity contribution in [1.29, 1.82) is 0 Å². The Hall–Kier alpha value is -0.870. The zero-order chi connectivity index (χ0) is 12.4. The fraction of sp³-hybridized carbons (Fsp3) is 0.538. The smallest absolute Gasteiger partial charge is 0.124 e. The van der Waals surface area contributed by atoms with Gasteiger partial charge in [0.15, 0.2) is 0 Å². The lowest BCUT2D eigenvalue weighted by Gasteiger charge is -2.32. The Balaban J connectivity index is 2.52. The van der Waals surface area contributed by atoms with Gasteiger partial charge in [0.2, 0.25) is 0 Å². The zero-order valence-corrected chi connectivity index (χ0v) is 11.3. The normalized spacial score (nSPS) is 23.1. The van der Waals surface area contributed by atoms with E-state index >= 15 is 0 Å². The molecule has 0 amide bonds. The highest BCUT2D eigenvalue weighted by Crippen LogP contribution is 2.45. The standard InChI is InChI=1S/C13H19NO2S/c1-4-11-13(14)12-8(7-17-11)9(15-2)5-6-10(12)16-3/h5-6,11,13H,4,7,14H2,1-3H3. The quantitative estimate of drug-likeness (QED) is 0.899. The fourth-order valence-electron chi connectivity index (χ4n) is 2.36. The molecule has 94 valence electrons. The van der Waals surface area contributed by atoms with Crippen LogP contribution < -0.4 is 15.2 Å². The van der Waals surface area contributed by atoms with Crippen molar-refractivity contribution in [2.75, 3.05) is 14.2 Å². The molecule has 3 nitrogen and oxygen atoms in total. The number of fused-ring (bicyclic) bond motifs is 1. The lowest BCUT2D eigenvalue weighted by atomic mass is 9.95. The van der Waals surface area contributed by atoms with Crippen LogP contribution in [-0.2, 0) is 5.75 Å². The Morgan fingerprint density at radius 1 is 1.29 bits per heavy atom. The molecule has 0 bridgehead atoms. The minimum Gasteiger partial charge on any atom is -0.496 e. The van der Waals surface area contributed by atoms with Crippen LogP contribution in [0.3, 0.4) is 0 Å². The van der Waals surface area contributed by atoms with Crippen LogP contribution in [0.2, 0.25) is 0 Å². The molecule has 2 rings (SSSR count). The van der Waals surface area contributed by atoms with Crippen molar-refractivity contribution >= 4 is 11.8 Å². The molecule has 1 heterocycles. The number of hydrogen-bond donors (Lipinski definition) is 1. The number of methoxy groups -OCH3 is 2. The summed E-state index contributed by atoms with van der Waals surface area (Å²) < 4.78 is 10.8. The van der Waals surface area contributed by atoms with Crippen LogP contribution in [-0.4, -0.2) is 19.5 Å². The third-order valence-corrected chi connectivity index (χ3v) is 4.80. The van der Waals surface area contributed by atoms with Crippen LogP contribution in [0.15, 0.2) is 12.1 Å². The summed E-state index contributed by atoms with van der Waals surface area (Å²) in [7, 11) is 3.39. The topological polar surface area (TPSA) is 44.5 Å². The highest BCUT2D eigenvalue weighted by Gasteiger charge is 2.30. The molecule has 4 heteroatoms. The molecule has 0 aromatic heterocycles. The van der Waals surface area contributed by atoms with E-state index in [1.807, 2.05) is 23.9 Å². The molecule has 0 fully saturated rings. The summed E-state index contributed by atoms with van der Waals surface area (Å²) >= 11 is 1.90. The van der Waals surface area contributed by atoms with Crippen molar-refractivity contribution < 1.29 is 9.47 Å². The first kappa shape index (κ1) is 12.6. The lowest BCUT2D eigenvalue weighted by Crippen LogP contribution is -2.28. The molecule has 2 unspecified atom stereocenters. The minimum absolute atomic E-state index is 0.0267. The average Bonchev–Trinajstić information content (AvgIpc) is 2.38. The maximum atomic E-state index is 6.34. The molecule has 0 saturated carbocycles. The maximum absolute atomic E-state index is 6.34. The summed E-state index contributed by atoms with van der Waals surface area (Å²) in [6.45, 7) is 2.18. The molecule has 0 radical (unpaired) electrons. The molecule has 0 spiro atoms. The third kappa shape index (κ3) is 2.11. The third-order valence-electron chi connectivity index (χ3n) is 3.29. The van der Waals surface area contributed by atoms with Gasteiger partial charge in [-0.3, -0.25) is 0 Å². The lowest BCUT2D eigenvalue weighted by molar-refractivity contribution is 0.390. The second-order valence-corrected chi connectivity index (χ2v) is 5.37. The van der Waals surface area contributed by atoms with Gasteiger partial charge < -0.3 is 15.2 Å². The predicted molar refractivity (Wildman–Crippen MR) is 71.8 cm³/mol. The van der Waals surface area contributed by atoms with Crippen LogP contribution in [0.25, 0.3) is 0 Å². The van der Waals surface area contributed by atoms with Gasteiger partial charge in [-0.1, -0.05) is 6.92 Å². The van der Waals surface area contributed by atoms with Crippen molar-refractivity contribution in [3.8, 4) is 11.5 Å². The van der Waals surface area contributed by atoms with Crippen molar-refractivity contribution in [2.24, 2.45) is 5.73 Å². The molecular weight excluding hydrogens is 234 g/mol. The summed E-state index contributed by atoms with van der Waals surface area (Å²) in [5.41, 5.74) is 8.66. The van der Waals surface area contributed by atoms with Crippen LogP contribution in [0.4, 0.5) is 0 Å². The number of rotatable bonds is 3. The van der Waals surface area contributed by atoms with Crippen LogP contribution in [0.5, 0.6) is 11.5 Å². The van der Waals surface area contributed by atoms with Crippen molar-refractivity contribution in [3.05, 3.63) is 23.3 Å². The Morgan fingerprint density at radius 2 is 1.94 bits per heavy atom.